The smallest absolute Gasteiger partial charge is 0.270 e. The summed E-state index contributed by atoms with van der Waals surface area (Å²) in [6, 6.07) is 0.0408. The van der Waals surface area contributed by atoms with Crippen LogP contribution in [-0.2, 0) is 11.3 Å². The minimum absolute atomic E-state index is 0.0408. The van der Waals surface area contributed by atoms with E-state index < -0.39 is 0 Å². The van der Waals surface area contributed by atoms with Gasteiger partial charge in [0.25, 0.3) is 5.91 Å². The Morgan fingerprint density at radius 2 is 2.53 bits per heavy atom. The van der Waals surface area contributed by atoms with Crippen molar-refractivity contribution in [3.8, 4) is 0 Å². The van der Waals surface area contributed by atoms with Crippen LogP contribution in [0.25, 0.3) is 0 Å². The second-order valence-corrected chi connectivity index (χ2v) is 4.79. The van der Waals surface area contributed by atoms with Gasteiger partial charge in [-0.2, -0.15) is 0 Å². The van der Waals surface area contributed by atoms with E-state index >= 15 is 0 Å². The van der Waals surface area contributed by atoms with Crippen molar-refractivity contribution in [3.63, 3.8) is 0 Å². The molecular formula is C10H14N4O2S. The summed E-state index contributed by atoms with van der Waals surface area (Å²) >= 11 is 1.37. The van der Waals surface area contributed by atoms with E-state index in [1.54, 1.807) is 5.38 Å². The number of amides is 2. The van der Waals surface area contributed by atoms with Crippen molar-refractivity contribution >= 4 is 23.2 Å². The maximum absolute atomic E-state index is 11.7. The monoisotopic (exact) mass is 254 g/mol. The molecule has 0 saturated carbocycles. The van der Waals surface area contributed by atoms with Gasteiger partial charge in [-0.25, -0.2) is 4.98 Å². The zero-order chi connectivity index (χ0) is 12.3. The fourth-order valence-electron chi connectivity index (χ4n) is 1.65. The highest BCUT2D eigenvalue weighted by Crippen LogP contribution is 2.09. The van der Waals surface area contributed by atoms with Gasteiger partial charge in [-0.05, 0) is 6.42 Å². The molecule has 0 radical (unpaired) electrons. The third kappa shape index (κ3) is 3.01. The minimum atomic E-state index is -0.220. The standard InChI is InChI=1S/C10H14N4O2S/c11-3-9-14-7(5-17-9)10(16)12-4-6-1-2-8(15)13-6/h5-6H,1-4,11H2,(H,12,16)(H,13,15). The second-order valence-electron chi connectivity index (χ2n) is 3.84. The van der Waals surface area contributed by atoms with Crippen molar-refractivity contribution < 1.29 is 9.59 Å². The molecule has 1 saturated heterocycles. The highest BCUT2D eigenvalue weighted by Gasteiger charge is 2.21. The number of thiazole rings is 1. The molecule has 1 aliphatic rings. The first-order valence-corrected chi connectivity index (χ1v) is 6.29. The summed E-state index contributed by atoms with van der Waals surface area (Å²) in [5, 5.41) is 7.96. The highest BCUT2D eigenvalue weighted by atomic mass is 32.1. The van der Waals surface area contributed by atoms with Crippen LogP contribution in [0.3, 0.4) is 0 Å². The molecule has 1 aromatic rings. The number of hydrogen-bond donors (Lipinski definition) is 3. The van der Waals surface area contributed by atoms with Crippen LogP contribution >= 0.6 is 11.3 Å². The Hall–Kier alpha value is -1.47. The molecule has 92 valence electrons. The first-order valence-electron chi connectivity index (χ1n) is 5.41. The fourth-order valence-corrected chi connectivity index (χ4v) is 2.30. The van der Waals surface area contributed by atoms with Crippen LogP contribution in [0, 0.1) is 0 Å². The fraction of sp³-hybridized carbons (Fsp3) is 0.500. The molecular weight excluding hydrogens is 240 g/mol. The summed E-state index contributed by atoms with van der Waals surface area (Å²) in [5.41, 5.74) is 5.81. The predicted octanol–water partition coefficient (Wildman–Crippen LogP) is -0.390. The molecule has 2 rings (SSSR count). The van der Waals surface area contributed by atoms with E-state index in [2.05, 4.69) is 15.6 Å². The Bertz CT molecular complexity index is 432. The maximum Gasteiger partial charge on any atom is 0.270 e. The SMILES string of the molecule is NCc1nc(C(=O)NCC2CCC(=O)N2)cs1. The van der Waals surface area contributed by atoms with Crippen LogP contribution in [-0.4, -0.2) is 29.4 Å². The van der Waals surface area contributed by atoms with Gasteiger partial charge in [0.2, 0.25) is 5.91 Å². The van der Waals surface area contributed by atoms with Crippen LogP contribution in [0.2, 0.25) is 0 Å². The zero-order valence-corrected chi connectivity index (χ0v) is 10.0. The summed E-state index contributed by atoms with van der Waals surface area (Å²) in [6.45, 7) is 0.788. The van der Waals surface area contributed by atoms with Crippen molar-refractivity contribution in [2.75, 3.05) is 6.54 Å². The molecule has 1 aromatic heterocycles. The van der Waals surface area contributed by atoms with E-state index in [9.17, 15) is 9.59 Å². The minimum Gasteiger partial charge on any atom is -0.352 e. The summed E-state index contributed by atoms with van der Waals surface area (Å²) in [5.74, 6) is -0.176. The number of rotatable bonds is 4. The quantitative estimate of drug-likeness (QED) is 0.681. The summed E-state index contributed by atoms with van der Waals surface area (Å²) in [6.07, 6.45) is 1.30. The van der Waals surface area contributed by atoms with Crippen LogP contribution in [0.4, 0.5) is 0 Å². The molecule has 1 fully saturated rings. The molecule has 6 nitrogen and oxygen atoms in total. The van der Waals surface area contributed by atoms with E-state index in [0.717, 1.165) is 11.4 Å². The van der Waals surface area contributed by atoms with Crippen molar-refractivity contribution in [1.82, 2.24) is 15.6 Å². The topological polar surface area (TPSA) is 97.1 Å². The summed E-state index contributed by atoms with van der Waals surface area (Å²) < 4.78 is 0. The van der Waals surface area contributed by atoms with Gasteiger partial charge < -0.3 is 16.4 Å². The van der Waals surface area contributed by atoms with E-state index in [-0.39, 0.29) is 17.9 Å². The molecule has 1 aliphatic heterocycles. The average Bonchev–Trinajstić information content (AvgIpc) is 2.94. The number of aromatic nitrogens is 1. The number of nitrogens with two attached hydrogens (primary N) is 1. The molecule has 0 bridgehead atoms. The largest absolute Gasteiger partial charge is 0.352 e. The van der Waals surface area contributed by atoms with Gasteiger partial charge in [0.05, 0.1) is 0 Å². The van der Waals surface area contributed by atoms with Gasteiger partial charge in [0.1, 0.15) is 10.7 Å². The maximum atomic E-state index is 11.7. The molecule has 0 aromatic carbocycles. The first-order chi connectivity index (χ1) is 8.19. The molecule has 17 heavy (non-hydrogen) atoms. The lowest BCUT2D eigenvalue weighted by Gasteiger charge is -2.10. The molecule has 4 N–H and O–H groups in total. The number of nitrogens with zero attached hydrogens (tertiary/aromatic N) is 1. The molecule has 2 amide bonds. The van der Waals surface area contributed by atoms with E-state index in [0.29, 0.717) is 25.2 Å². The summed E-state index contributed by atoms with van der Waals surface area (Å²) in [4.78, 5) is 26.7. The highest BCUT2D eigenvalue weighted by molar-refractivity contribution is 7.09. The lowest BCUT2D eigenvalue weighted by Crippen LogP contribution is -2.38. The average molecular weight is 254 g/mol. The lowest BCUT2D eigenvalue weighted by atomic mass is 10.2. The predicted molar refractivity (Wildman–Crippen MR) is 63.5 cm³/mol. The van der Waals surface area contributed by atoms with Gasteiger partial charge in [-0.15, -0.1) is 11.3 Å². The molecule has 1 atom stereocenters. The van der Waals surface area contributed by atoms with Gasteiger partial charge in [0, 0.05) is 30.9 Å². The van der Waals surface area contributed by atoms with Crippen molar-refractivity contribution in [2.24, 2.45) is 5.73 Å². The number of carbonyl (C=O) groups excluding carboxylic acids is 2. The van der Waals surface area contributed by atoms with Crippen LogP contribution in [0.15, 0.2) is 5.38 Å². The van der Waals surface area contributed by atoms with E-state index in [1.165, 1.54) is 11.3 Å². The van der Waals surface area contributed by atoms with Crippen LogP contribution in [0.5, 0.6) is 0 Å². The number of nitrogens with one attached hydrogen (secondary N) is 2. The Balaban J connectivity index is 1.82. The second kappa shape index (κ2) is 5.24. The molecule has 1 unspecified atom stereocenters. The molecule has 7 heteroatoms. The van der Waals surface area contributed by atoms with Crippen molar-refractivity contribution in [1.29, 1.82) is 0 Å². The Morgan fingerprint density at radius 3 is 3.12 bits per heavy atom. The number of carbonyl (C=O) groups is 2. The zero-order valence-electron chi connectivity index (χ0n) is 9.23. The summed E-state index contributed by atoms with van der Waals surface area (Å²) in [7, 11) is 0. The van der Waals surface area contributed by atoms with Crippen LogP contribution < -0.4 is 16.4 Å². The third-order valence-corrected chi connectivity index (χ3v) is 3.42. The number of hydrogen-bond acceptors (Lipinski definition) is 5. The van der Waals surface area contributed by atoms with Crippen molar-refractivity contribution in [3.05, 3.63) is 16.1 Å². The Morgan fingerprint density at radius 1 is 1.71 bits per heavy atom. The normalized spacial score (nSPS) is 19.1. The first kappa shape index (κ1) is 12.0. The third-order valence-electron chi connectivity index (χ3n) is 2.55. The van der Waals surface area contributed by atoms with Crippen LogP contribution in [0.1, 0.15) is 28.3 Å². The van der Waals surface area contributed by atoms with Gasteiger partial charge in [0.15, 0.2) is 0 Å². The lowest BCUT2D eigenvalue weighted by molar-refractivity contribution is -0.119. The van der Waals surface area contributed by atoms with Gasteiger partial charge >= 0.3 is 0 Å². The van der Waals surface area contributed by atoms with E-state index in [4.69, 9.17) is 5.73 Å². The van der Waals surface area contributed by atoms with Crippen molar-refractivity contribution in [2.45, 2.75) is 25.4 Å². The Labute approximate surface area is 103 Å². The van der Waals surface area contributed by atoms with Gasteiger partial charge in [-0.1, -0.05) is 0 Å². The van der Waals surface area contributed by atoms with E-state index in [1.807, 2.05) is 0 Å². The molecule has 0 spiro atoms. The molecule has 2 heterocycles. The Kier molecular flexibility index (Phi) is 3.70. The molecule has 0 aliphatic carbocycles. The van der Waals surface area contributed by atoms with Gasteiger partial charge in [-0.3, -0.25) is 9.59 Å².